The van der Waals surface area contributed by atoms with Gasteiger partial charge >= 0.3 is 0 Å². The molecule has 0 fully saturated rings. The normalized spacial score (nSPS) is 13.3. The van der Waals surface area contributed by atoms with E-state index in [0.29, 0.717) is 0 Å². The van der Waals surface area contributed by atoms with Crippen molar-refractivity contribution in [1.29, 1.82) is 0 Å². The van der Waals surface area contributed by atoms with Crippen LogP contribution in [0.5, 0.6) is 0 Å². The van der Waals surface area contributed by atoms with Crippen LogP contribution in [0, 0.1) is 0 Å². The predicted octanol–water partition coefficient (Wildman–Crippen LogP) is 6.38. The van der Waals surface area contributed by atoms with Gasteiger partial charge in [0.15, 0.2) is 0 Å². The fourth-order valence-corrected chi connectivity index (χ4v) is 10.5. The van der Waals surface area contributed by atoms with Crippen LogP contribution in [0.1, 0.15) is 0 Å². The van der Waals surface area contributed by atoms with Gasteiger partial charge in [-0.25, -0.2) is 0 Å². The average molecular weight is 467 g/mol. The number of hydrogen-bond acceptors (Lipinski definition) is 0. The third kappa shape index (κ3) is 4.96. The van der Waals surface area contributed by atoms with Gasteiger partial charge in [-0.15, -0.1) is 23.2 Å². The van der Waals surface area contributed by atoms with Crippen molar-refractivity contribution >= 4 is 60.3 Å². The quantitative estimate of drug-likeness (QED) is 0.219. The molecule has 0 amide bonds. The van der Waals surface area contributed by atoms with Gasteiger partial charge in [-0.05, 0) is 37.1 Å². The molecule has 4 rings (SSSR count). The van der Waals surface area contributed by atoms with Gasteiger partial charge < -0.3 is 0 Å². The molecule has 0 aliphatic rings. The molecule has 0 aromatic heterocycles. The Morgan fingerprint density at radius 3 is 0.767 bits per heavy atom. The number of rotatable bonds is 7. The van der Waals surface area contributed by atoms with Crippen molar-refractivity contribution in [3.63, 3.8) is 0 Å². The van der Waals surface area contributed by atoms with Gasteiger partial charge in [0.2, 0.25) is 0 Å². The monoisotopic (exact) mass is 466 g/mol. The first-order valence-electron chi connectivity index (χ1n) is 9.82. The van der Waals surface area contributed by atoms with E-state index in [1.165, 1.54) is 21.2 Å². The molecular formula is C26H22Cl2P2. The Bertz CT molecular complexity index is 862. The summed E-state index contributed by atoms with van der Waals surface area (Å²) in [6.07, 6.45) is 0. The maximum Gasteiger partial charge on any atom is 0.0824 e. The van der Waals surface area contributed by atoms with Crippen molar-refractivity contribution in [2.75, 3.05) is 0 Å². The highest BCUT2D eigenvalue weighted by Crippen LogP contribution is 2.54. The first-order chi connectivity index (χ1) is 14.8. The number of halogens is 2. The molecule has 30 heavy (non-hydrogen) atoms. The molecular weight excluding hydrogens is 445 g/mol. The molecule has 0 heterocycles. The highest BCUT2D eigenvalue weighted by atomic mass is 35.5. The number of alkyl halides is 2. The van der Waals surface area contributed by atoms with Gasteiger partial charge in [0.05, 0.1) is 10.2 Å². The second-order valence-electron chi connectivity index (χ2n) is 6.83. The van der Waals surface area contributed by atoms with Crippen molar-refractivity contribution in [2.24, 2.45) is 0 Å². The van der Waals surface area contributed by atoms with E-state index >= 15 is 0 Å². The van der Waals surface area contributed by atoms with E-state index in [1.54, 1.807) is 0 Å². The summed E-state index contributed by atoms with van der Waals surface area (Å²) in [6.45, 7) is 0. The molecule has 0 saturated heterocycles. The van der Waals surface area contributed by atoms with Crippen LogP contribution in [0.2, 0.25) is 0 Å². The summed E-state index contributed by atoms with van der Waals surface area (Å²) in [6, 6.07) is 42.2. The van der Waals surface area contributed by atoms with Crippen LogP contribution in [-0.2, 0) is 0 Å². The second-order valence-corrected chi connectivity index (χ2v) is 13.0. The van der Waals surface area contributed by atoms with Gasteiger partial charge in [0, 0.05) is 0 Å². The molecule has 4 aromatic rings. The SMILES string of the molecule is ClC(C(Cl)P(c1ccccc1)c1ccccc1)P(c1ccccc1)c1ccccc1. The zero-order chi connectivity index (χ0) is 20.8. The lowest BCUT2D eigenvalue weighted by molar-refractivity contribution is 1.29. The molecule has 0 saturated carbocycles. The Labute approximate surface area is 191 Å². The number of hydrogen-bond donors (Lipinski definition) is 0. The Morgan fingerprint density at radius 1 is 0.367 bits per heavy atom. The van der Waals surface area contributed by atoms with E-state index in [2.05, 4.69) is 97.1 Å². The number of benzene rings is 4. The fourth-order valence-electron chi connectivity index (χ4n) is 3.47. The molecule has 0 N–H and O–H groups in total. The molecule has 0 spiro atoms. The first kappa shape index (κ1) is 21.5. The lowest BCUT2D eigenvalue weighted by Gasteiger charge is -2.32. The summed E-state index contributed by atoms with van der Waals surface area (Å²) in [4.78, 5) is 0. The van der Waals surface area contributed by atoms with E-state index < -0.39 is 15.8 Å². The van der Waals surface area contributed by atoms with E-state index in [-0.39, 0.29) is 10.2 Å². The maximum absolute atomic E-state index is 7.27. The van der Waals surface area contributed by atoms with Crippen LogP contribution in [0.4, 0.5) is 0 Å². The van der Waals surface area contributed by atoms with Crippen LogP contribution in [0.25, 0.3) is 0 Å². The second kappa shape index (κ2) is 10.6. The van der Waals surface area contributed by atoms with E-state index in [0.717, 1.165) is 0 Å². The lowest BCUT2D eigenvalue weighted by Crippen LogP contribution is -2.29. The smallest absolute Gasteiger partial charge is 0.0824 e. The van der Waals surface area contributed by atoms with E-state index in [4.69, 9.17) is 23.2 Å². The average Bonchev–Trinajstić information content (AvgIpc) is 2.82. The Kier molecular flexibility index (Phi) is 7.59. The molecule has 0 aliphatic carbocycles. The van der Waals surface area contributed by atoms with Gasteiger partial charge in [-0.1, -0.05) is 121 Å². The summed E-state index contributed by atoms with van der Waals surface area (Å²) in [5, 5.41) is 4.58. The molecule has 4 heteroatoms. The molecule has 0 bridgehead atoms. The Balaban J connectivity index is 1.77. The largest absolute Gasteiger partial charge is 0.115 e. The minimum Gasteiger partial charge on any atom is -0.115 e. The van der Waals surface area contributed by atoms with Crippen molar-refractivity contribution in [2.45, 2.75) is 10.2 Å². The summed E-state index contributed by atoms with van der Waals surface area (Å²) >= 11 is 14.5. The standard InChI is InChI=1S/C26H22Cl2P2/c27-25(29(21-13-5-1-6-14-21)22-15-7-2-8-16-22)26(28)30(23-17-9-3-10-18-23)24-19-11-4-12-20-24/h1-20,25-26H. The third-order valence-corrected chi connectivity index (χ3v) is 12.2. The maximum atomic E-state index is 7.27. The molecule has 0 radical (unpaired) electrons. The van der Waals surface area contributed by atoms with E-state index in [1.807, 2.05) is 24.3 Å². The summed E-state index contributed by atoms with van der Waals surface area (Å²) in [5.74, 6) is 0. The van der Waals surface area contributed by atoms with Gasteiger partial charge in [-0.3, -0.25) is 0 Å². The summed E-state index contributed by atoms with van der Waals surface area (Å²) in [7, 11) is -1.63. The predicted molar refractivity (Wildman–Crippen MR) is 137 cm³/mol. The van der Waals surface area contributed by atoms with Gasteiger partial charge in [0.1, 0.15) is 0 Å². The van der Waals surface area contributed by atoms with Gasteiger partial charge in [0.25, 0.3) is 0 Å². The minimum absolute atomic E-state index is 0.210. The Hall–Kier alpha value is -1.68. The summed E-state index contributed by atoms with van der Waals surface area (Å²) < 4.78 is 0. The molecule has 0 nitrogen and oxygen atoms in total. The van der Waals surface area contributed by atoms with Crippen molar-refractivity contribution in [1.82, 2.24) is 0 Å². The molecule has 150 valence electrons. The Morgan fingerprint density at radius 2 is 0.567 bits per heavy atom. The first-order valence-corrected chi connectivity index (χ1v) is 13.5. The highest BCUT2D eigenvalue weighted by Gasteiger charge is 2.35. The van der Waals surface area contributed by atoms with Crippen molar-refractivity contribution in [3.8, 4) is 0 Å². The summed E-state index contributed by atoms with van der Waals surface area (Å²) in [5.41, 5.74) is 0. The van der Waals surface area contributed by atoms with Crippen LogP contribution in [0.3, 0.4) is 0 Å². The van der Waals surface area contributed by atoms with Crippen molar-refractivity contribution < 1.29 is 0 Å². The van der Waals surface area contributed by atoms with Crippen LogP contribution < -0.4 is 21.2 Å². The van der Waals surface area contributed by atoms with Crippen LogP contribution in [-0.4, -0.2) is 10.2 Å². The molecule has 2 atom stereocenters. The topological polar surface area (TPSA) is 0 Å². The molecule has 0 aliphatic heterocycles. The zero-order valence-corrected chi connectivity index (χ0v) is 19.7. The molecule has 4 aromatic carbocycles. The van der Waals surface area contributed by atoms with Crippen LogP contribution >= 0.6 is 39.0 Å². The lowest BCUT2D eigenvalue weighted by atomic mass is 10.4. The van der Waals surface area contributed by atoms with E-state index in [9.17, 15) is 0 Å². The van der Waals surface area contributed by atoms with Gasteiger partial charge in [-0.2, -0.15) is 0 Å². The fraction of sp³-hybridized carbons (Fsp3) is 0.0769. The molecule has 2 unspecified atom stereocenters. The third-order valence-electron chi connectivity index (χ3n) is 4.86. The minimum atomic E-state index is -0.815. The highest BCUT2D eigenvalue weighted by molar-refractivity contribution is 7.79. The van der Waals surface area contributed by atoms with Crippen LogP contribution in [0.15, 0.2) is 121 Å². The van der Waals surface area contributed by atoms with Crippen molar-refractivity contribution in [3.05, 3.63) is 121 Å². The zero-order valence-electron chi connectivity index (χ0n) is 16.4.